The fraction of sp³-hybridized carbons (Fsp3) is 0.625. The second kappa shape index (κ2) is 5.10. The van der Waals surface area contributed by atoms with E-state index in [1.807, 2.05) is 0 Å². The van der Waals surface area contributed by atoms with Gasteiger partial charge in [-0.3, -0.25) is 0 Å². The van der Waals surface area contributed by atoms with E-state index < -0.39 is 0 Å². The molecular weight excluding hydrogens is 302 g/mol. The van der Waals surface area contributed by atoms with Crippen LogP contribution in [0.1, 0.15) is 48.8 Å². The van der Waals surface area contributed by atoms with E-state index in [-0.39, 0.29) is 5.54 Å². The van der Waals surface area contributed by atoms with E-state index >= 15 is 0 Å². The molecule has 19 heavy (non-hydrogen) atoms. The number of hydrogen-bond donors (Lipinski definition) is 1. The zero-order valence-electron chi connectivity index (χ0n) is 11.6. The van der Waals surface area contributed by atoms with E-state index in [0.29, 0.717) is 0 Å². The quantitative estimate of drug-likeness (QED) is 0.859. The van der Waals surface area contributed by atoms with E-state index in [2.05, 4.69) is 22.0 Å². The highest BCUT2D eigenvalue weighted by Gasteiger charge is 2.39. The normalized spacial score (nSPS) is 20.6. The first kappa shape index (κ1) is 13.4. The van der Waals surface area contributed by atoms with Crippen LogP contribution in [0.25, 0.3) is 0 Å². The Bertz CT molecular complexity index is 494. The summed E-state index contributed by atoms with van der Waals surface area (Å²) in [6.45, 7) is 0. The van der Waals surface area contributed by atoms with Gasteiger partial charge < -0.3 is 10.5 Å². The molecule has 0 aliphatic heterocycles. The number of halogens is 1. The molecule has 104 valence electrons. The summed E-state index contributed by atoms with van der Waals surface area (Å²) in [5.74, 6) is 1.01. The molecule has 0 amide bonds. The predicted octanol–water partition coefficient (Wildman–Crippen LogP) is 3.76. The lowest BCUT2D eigenvalue weighted by Gasteiger charge is -2.19. The van der Waals surface area contributed by atoms with Gasteiger partial charge in [-0.2, -0.15) is 0 Å². The maximum atomic E-state index is 6.29. The Kier molecular flexibility index (Phi) is 3.61. The fourth-order valence-corrected chi connectivity index (χ4v) is 4.01. The van der Waals surface area contributed by atoms with Crippen molar-refractivity contribution in [3.05, 3.63) is 27.2 Å². The molecule has 2 N–H and O–H groups in total. The molecule has 0 radical (unpaired) electrons. The number of aryl methyl sites for hydroxylation is 1. The van der Waals surface area contributed by atoms with Gasteiger partial charge in [-0.1, -0.05) is 12.5 Å². The summed E-state index contributed by atoms with van der Waals surface area (Å²) in [7, 11) is 1.77. The number of hydrogen-bond acceptors (Lipinski definition) is 2. The molecule has 1 fully saturated rings. The van der Waals surface area contributed by atoms with E-state index in [4.69, 9.17) is 10.5 Å². The van der Waals surface area contributed by atoms with Gasteiger partial charge >= 0.3 is 0 Å². The molecule has 3 heteroatoms. The minimum Gasteiger partial charge on any atom is -0.495 e. The minimum absolute atomic E-state index is 0.0334. The smallest absolute Gasteiger partial charge is 0.136 e. The summed E-state index contributed by atoms with van der Waals surface area (Å²) in [4.78, 5) is 0. The van der Waals surface area contributed by atoms with Crippen molar-refractivity contribution in [3.63, 3.8) is 0 Å². The molecule has 0 bridgehead atoms. The summed E-state index contributed by atoms with van der Waals surface area (Å²) < 4.78 is 6.83. The maximum Gasteiger partial charge on any atom is 0.136 e. The first-order valence-electron chi connectivity index (χ1n) is 7.29. The highest BCUT2D eigenvalue weighted by Crippen LogP contribution is 2.43. The van der Waals surface area contributed by atoms with Crippen molar-refractivity contribution < 1.29 is 4.74 Å². The van der Waals surface area contributed by atoms with Crippen LogP contribution in [-0.4, -0.2) is 12.6 Å². The number of nitrogens with two attached hydrogens (primary N) is 1. The van der Waals surface area contributed by atoms with E-state index in [0.717, 1.165) is 25.0 Å². The van der Waals surface area contributed by atoms with E-state index in [1.165, 1.54) is 53.3 Å². The Labute approximate surface area is 123 Å². The van der Waals surface area contributed by atoms with Crippen LogP contribution in [-0.2, 0) is 19.3 Å². The standard InChI is InChI=1S/C16H22BrNO/c1-19-15-12(10-16(18)7-8-16)9-11-5-3-2-4-6-13(11)14(15)17/h9H,2-8,10,18H2,1H3. The molecular formula is C16H22BrNO. The summed E-state index contributed by atoms with van der Waals surface area (Å²) in [6.07, 6.45) is 9.52. The minimum atomic E-state index is 0.0334. The van der Waals surface area contributed by atoms with Crippen LogP contribution in [0.3, 0.4) is 0 Å². The van der Waals surface area contributed by atoms with Crippen molar-refractivity contribution in [2.45, 2.75) is 56.9 Å². The van der Waals surface area contributed by atoms with Gasteiger partial charge in [-0.25, -0.2) is 0 Å². The van der Waals surface area contributed by atoms with Gasteiger partial charge in [0, 0.05) is 5.54 Å². The summed E-state index contributed by atoms with van der Waals surface area (Å²) in [5.41, 5.74) is 10.6. The molecule has 2 aliphatic rings. The van der Waals surface area contributed by atoms with Gasteiger partial charge in [0.1, 0.15) is 5.75 Å². The molecule has 0 heterocycles. The van der Waals surface area contributed by atoms with E-state index in [9.17, 15) is 0 Å². The second-order valence-electron chi connectivity index (χ2n) is 6.12. The Morgan fingerprint density at radius 3 is 2.68 bits per heavy atom. The fourth-order valence-electron chi connectivity index (χ4n) is 3.14. The maximum absolute atomic E-state index is 6.29. The van der Waals surface area contributed by atoms with Crippen molar-refractivity contribution in [1.82, 2.24) is 0 Å². The largest absolute Gasteiger partial charge is 0.495 e. The Balaban J connectivity index is 2.03. The molecule has 0 atom stereocenters. The van der Waals surface area contributed by atoms with Crippen molar-refractivity contribution in [2.75, 3.05) is 7.11 Å². The number of fused-ring (bicyclic) bond motifs is 1. The predicted molar refractivity (Wildman–Crippen MR) is 81.8 cm³/mol. The molecule has 1 aromatic carbocycles. The lowest BCUT2D eigenvalue weighted by molar-refractivity contribution is 0.403. The van der Waals surface area contributed by atoms with Gasteiger partial charge in [-0.15, -0.1) is 0 Å². The van der Waals surface area contributed by atoms with Gasteiger partial charge in [0.15, 0.2) is 0 Å². The zero-order chi connectivity index (χ0) is 13.5. The topological polar surface area (TPSA) is 35.2 Å². The highest BCUT2D eigenvalue weighted by atomic mass is 79.9. The average Bonchev–Trinajstić information content (AvgIpc) is 3.13. The molecule has 0 spiro atoms. The number of rotatable bonds is 3. The van der Waals surface area contributed by atoms with Crippen LogP contribution in [0.4, 0.5) is 0 Å². The molecule has 1 aromatic rings. The monoisotopic (exact) mass is 323 g/mol. The van der Waals surface area contributed by atoms with Gasteiger partial charge in [-0.05, 0) is 77.6 Å². The Morgan fingerprint density at radius 2 is 2.00 bits per heavy atom. The molecule has 2 nitrogen and oxygen atoms in total. The van der Waals surface area contributed by atoms with Crippen LogP contribution < -0.4 is 10.5 Å². The summed E-state index contributed by atoms with van der Waals surface area (Å²) in [5, 5.41) is 0. The highest BCUT2D eigenvalue weighted by molar-refractivity contribution is 9.10. The van der Waals surface area contributed by atoms with E-state index in [1.54, 1.807) is 7.11 Å². The molecule has 0 unspecified atom stereocenters. The molecule has 3 rings (SSSR count). The van der Waals surface area contributed by atoms with Crippen molar-refractivity contribution in [3.8, 4) is 5.75 Å². The SMILES string of the molecule is COc1c(CC2(N)CC2)cc2c(c1Br)CCCCC2. The Morgan fingerprint density at radius 1 is 1.26 bits per heavy atom. The summed E-state index contributed by atoms with van der Waals surface area (Å²) in [6, 6.07) is 2.36. The van der Waals surface area contributed by atoms with Crippen LogP contribution >= 0.6 is 15.9 Å². The molecule has 1 saturated carbocycles. The third kappa shape index (κ3) is 2.68. The van der Waals surface area contributed by atoms with Crippen LogP contribution in [0.15, 0.2) is 10.5 Å². The van der Waals surface area contributed by atoms with Gasteiger partial charge in [0.05, 0.1) is 11.6 Å². The van der Waals surface area contributed by atoms with Crippen LogP contribution in [0, 0.1) is 0 Å². The average molecular weight is 324 g/mol. The summed E-state index contributed by atoms with van der Waals surface area (Å²) >= 11 is 3.77. The first-order chi connectivity index (χ1) is 9.13. The molecule has 2 aliphatic carbocycles. The molecule has 0 saturated heterocycles. The zero-order valence-corrected chi connectivity index (χ0v) is 13.2. The number of ether oxygens (including phenoxy) is 1. The molecule has 0 aromatic heterocycles. The van der Waals surface area contributed by atoms with Crippen molar-refractivity contribution in [1.29, 1.82) is 0 Å². The number of methoxy groups -OCH3 is 1. The number of benzene rings is 1. The van der Waals surface area contributed by atoms with Gasteiger partial charge in [0.2, 0.25) is 0 Å². The third-order valence-electron chi connectivity index (χ3n) is 4.50. The third-order valence-corrected chi connectivity index (χ3v) is 5.34. The van der Waals surface area contributed by atoms with Crippen molar-refractivity contribution >= 4 is 15.9 Å². The Hall–Kier alpha value is -0.540. The lowest BCUT2D eigenvalue weighted by atomic mass is 9.95. The van der Waals surface area contributed by atoms with Gasteiger partial charge in [0.25, 0.3) is 0 Å². The van der Waals surface area contributed by atoms with Crippen molar-refractivity contribution in [2.24, 2.45) is 5.73 Å². The van der Waals surface area contributed by atoms with Crippen LogP contribution in [0.2, 0.25) is 0 Å². The van der Waals surface area contributed by atoms with Crippen LogP contribution in [0.5, 0.6) is 5.75 Å². The second-order valence-corrected chi connectivity index (χ2v) is 6.91. The lowest BCUT2D eigenvalue weighted by Crippen LogP contribution is -2.25. The first-order valence-corrected chi connectivity index (χ1v) is 8.08.